The molecule has 0 unspecified atom stereocenters. The molecule has 0 saturated carbocycles. The summed E-state index contributed by atoms with van der Waals surface area (Å²) in [6.45, 7) is 5.04. The number of ether oxygens (including phenoxy) is 1. The molecule has 0 radical (unpaired) electrons. The van der Waals surface area contributed by atoms with E-state index < -0.39 is 0 Å². The number of aromatic nitrogens is 1. The van der Waals surface area contributed by atoms with E-state index in [1.165, 1.54) is 5.56 Å². The van der Waals surface area contributed by atoms with E-state index in [0.717, 1.165) is 57.4 Å². The molecule has 1 saturated heterocycles. The van der Waals surface area contributed by atoms with Crippen LogP contribution < -0.4 is 0 Å². The third-order valence-corrected chi connectivity index (χ3v) is 5.60. The number of benzene rings is 1. The Hall–Kier alpha value is -2.20. The van der Waals surface area contributed by atoms with E-state index in [1.807, 2.05) is 31.3 Å². The number of hydrogen-bond acceptors (Lipinski definition) is 4. The molecule has 0 aliphatic carbocycles. The first kappa shape index (κ1) is 19.6. The summed E-state index contributed by atoms with van der Waals surface area (Å²) in [7, 11) is 0. The van der Waals surface area contributed by atoms with E-state index in [2.05, 4.69) is 40.2 Å². The second kappa shape index (κ2) is 9.65. The van der Waals surface area contributed by atoms with E-state index in [0.29, 0.717) is 6.61 Å². The van der Waals surface area contributed by atoms with Crippen LogP contribution in [0.25, 0.3) is 0 Å². The van der Waals surface area contributed by atoms with Crippen molar-refractivity contribution in [2.75, 3.05) is 19.7 Å². The topological polar surface area (TPSA) is 42.4 Å². The SMILES string of the molecule is CCOC(=O)C1(CCCc2ccccc2)CCN(Cc2ccccn2)CC1. The van der Waals surface area contributed by atoms with Crippen molar-refractivity contribution in [3.8, 4) is 0 Å². The van der Waals surface area contributed by atoms with Crippen molar-refractivity contribution in [1.29, 1.82) is 0 Å². The van der Waals surface area contributed by atoms with Crippen LogP contribution in [0.3, 0.4) is 0 Å². The molecule has 3 rings (SSSR count). The molecular formula is C23H30N2O2. The highest BCUT2D eigenvalue weighted by atomic mass is 16.5. The lowest BCUT2D eigenvalue weighted by molar-refractivity contribution is -0.159. The third-order valence-electron chi connectivity index (χ3n) is 5.60. The first-order valence-corrected chi connectivity index (χ1v) is 10.1. The number of nitrogens with zero attached hydrogens (tertiary/aromatic N) is 2. The van der Waals surface area contributed by atoms with E-state index in [9.17, 15) is 4.79 Å². The molecule has 1 aromatic heterocycles. The molecule has 1 fully saturated rings. The summed E-state index contributed by atoms with van der Waals surface area (Å²) in [6.07, 6.45) is 6.51. The van der Waals surface area contributed by atoms with Crippen LogP contribution in [0.5, 0.6) is 0 Å². The molecular weight excluding hydrogens is 336 g/mol. The minimum Gasteiger partial charge on any atom is -0.466 e. The maximum absolute atomic E-state index is 12.8. The number of carbonyl (C=O) groups is 1. The van der Waals surface area contributed by atoms with Crippen LogP contribution in [-0.2, 0) is 22.5 Å². The Morgan fingerprint density at radius 3 is 2.52 bits per heavy atom. The van der Waals surface area contributed by atoms with Gasteiger partial charge in [0.1, 0.15) is 0 Å². The summed E-state index contributed by atoms with van der Waals surface area (Å²) in [5.41, 5.74) is 2.10. The van der Waals surface area contributed by atoms with Crippen molar-refractivity contribution in [2.24, 2.45) is 5.41 Å². The molecule has 0 amide bonds. The van der Waals surface area contributed by atoms with E-state index in [1.54, 1.807) is 0 Å². The van der Waals surface area contributed by atoms with Gasteiger partial charge in [-0.15, -0.1) is 0 Å². The fraction of sp³-hybridized carbons (Fsp3) is 0.478. The number of rotatable bonds is 8. The summed E-state index contributed by atoms with van der Waals surface area (Å²) in [5.74, 6) is -0.00412. The van der Waals surface area contributed by atoms with E-state index in [-0.39, 0.29) is 11.4 Å². The minimum absolute atomic E-state index is 0.00412. The zero-order valence-corrected chi connectivity index (χ0v) is 16.3. The van der Waals surface area contributed by atoms with Crippen LogP contribution >= 0.6 is 0 Å². The van der Waals surface area contributed by atoms with Gasteiger partial charge in [0.05, 0.1) is 17.7 Å². The van der Waals surface area contributed by atoms with Crippen molar-refractivity contribution in [3.63, 3.8) is 0 Å². The Labute approximate surface area is 162 Å². The first-order valence-electron chi connectivity index (χ1n) is 10.1. The van der Waals surface area contributed by atoms with Crippen molar-refractivity contribution in [1.82, 2.24) is 9.88 Å². The lowest BCUT2D eigenvalue weighted by Gasteiger charge is -2.40. The van der Waals surface area contributed by atoms with Gasteiger partial charge in [-0.3, -0.25) is 14.7 Å². The van der Waals surface area contributed by atoms with Gasteiger partial charge in [0.15, 0.2) is 0 Å². The van der Waals surface area contributed by atoms with Gasteiger partial charge in [0, 0.05) is 12.7 Å². The van der Waals surface area contributed by atoms with Crippen molar-refractivity contribution >= 4 is 5.97 Å². The highest BCUT2D eigenvalue weighted by Gasteiger charge is 2.42. The number of pyridine rings is 1. The van der Waals surface area contributed by atoms with Crippen LogP contribution in [0, 0.1) is 5.41 Å². The molecule has 1 aliphatic rings. The smallest absolute Gasteiger partial charge is 0.312 e. The molecule has 144 valence electrons. The molecule has 0 spiro atoms. The molecule has 0 atom stereocenters. The van der Waals surface area contributed by atoms with Gasteiger partial charge in [-0.05, 0) is 69.8 Å². The number of esters is 1. The van der Waals surface area contributed by atoms with Crippen LogP contribution in [0.4, 0.5) is 0 Å². The average Bonchev–Trinajstić information content (AvgIpc) is 2.71. The number of aryl methyl sites for hydroxylation is 1. The number of hydrogen-bond donors (Lipinski definition) is 0. The van der Waals surface area contributed by atoms with Crippen LogP contribution in [-0.4, -0.2) is 35.5 Å². The fourth-order valence-corrected chi connectivity index (χ4v) is 3.98. The quantitative estimate of drug-likeness (QED) is 0.655. The molecule has 2 heterocycles. The molecule has 2 aromatic rings. The molecule has 4 heteroatoms. The Morgan fingerprint density at radius 1 is 1.11 bits per heavy atom. The Kier molecular flexibility index (Phi) is 6.99. The monoisotopic (exact) mass is 366 g/mol. The highest BCUT2D eigenvalue weighted by molar-refractivity contribution is 5.77. The van der Waals surface area contributed by atoms with Gasteiger partial charge in [-0.25, -0.2) is 0 Å². The predicted octanol–water partition coefficient (Wildman–Crippen LogP) is 4.25. The summed E-state index contributed by atoms with van der Waals surface area (Å²) in [4.78, 5) is 19.6. The zero-order valence-electron chi connectivity index (χ0n) is 16.3. The normalized spacial score (nSPS) is 16.8. The summed E-state index contributed by atoms with van der Waals surface area (Å²) in [6, 6.07) is 16.5. The van der Waals surface area contributed by atoms with Crippen LogP contribution in [0.2, 0.25) is 0 Å². The number of piperidine rings is 1. The first-order chi connectivity index (χ1) is 13.2. The fourth-order valence-electron chi connectivity index (χ4n) is 3.98. The van der Waals surface area contributed by atoms with E-state index >= 15 is 0 Å². The molecule has 0 bridgehead atoms. The Morgan fingerprint density at radius 2 is 1.85 bits per heavy atom. The highest BCUT2D eigenvalue weighted by Crippen LogP contribution is 2.38. The second-order valence-corrected chi connectivity index (χ2v) is 7.44. The lowest BCUT2D eigenvalue weighted by atomic mass is 9.74. The van der Waals surface area contributed by atoms with Gasteiger partial charge in [-0.1, -0.05) is 36.4 Å². The van der Waals surface area contributed by atoms with Crippen molar-refractivity contribution in [2.45, 2.75) is 45.6 Å². The predicted molar refractivity (Wildman–Crippen MR) is 107 cm³/mol. The maximum Gasteiger partial charge on any atom is 0.312 e. The maximum atomic E-state index is 12.8. The zero-order chi connectivity index (χ0) is 19.0. The van der Waals surface area contributed by atoms with Crippen molar-refractivity contribution in [3.05, 3.63) is 66.0 Å². The molecule has 4 nitrogen and oxygen atoms in total. The summed E-state index contributed by atoms with van der Waals surface area (Å²) in [5, 5.41) is 0. The number of carbonyl (C=O) groups excluding carboxylic acids is 1. The molecule has 1 aliphatic heterocycles. The van der Waals surface area contributed by atoms with Gasteiger partial charge >= 0.3 is 5.97 Å². The van der Waals surface area contributed by atoms with Crippen molar-refractivity contribution < 1.29 is 9.53 Å². The Bertz CT molecular complexity index is 695. The van der Waals surface area contributed by atoms with Crippen LogP contribution in [0.1, 0.15) is 43.9 Å². The minimum atomic E-state index is -0.328. The lowest BCUT2D eigenvalue weighted by Crippen LogP contribution is -2.45. The average molecular weight is 367 g/mol. The summed E-state index contributed by atoms with van der Waals surface area (Å²) >= 11 is 0. The van der Waals surface area contributed by atoms with Gasteiger partial charge in [0.2, 0.25) is 0 Å². The third kappa shape index (κ3) is 5.39. The molecule has 27 heavy (non-hydrogen) atoms. The molecule has 1 aromatic carbocycles. The largest absolute Gasteiger partial charge is 0.466 e. The van der Waals surface area contributed by atoms with Crippen LogP contribution in [0.15, 0.2) is 54.7 Å². The second-order valence-electron chi connectivity index (χ2n) is 7.44. The van der Waals surface area contributed by atoms with Gasteiger partial charge in [-0.2, -0.15) is 0 Å². The van der Waals surface area contributed by atoms with E-state index in [4.69, 9.17) is 4.74 Å². The number of likely N-dealkylation sites (tertiary alicyclic amines) is 1. The van der Waals surface area contributed by atoms with Gasteiger partial charge < -0.3 is 4.74 Å². The Balaban J connectivity index is 1.58. The van der Waals surface area contributed by atoms with Gasteiger partial charge in [0.25, 0.3) is 0 Å². The summed E-state index contributed by atoms with van der Waals surface area (Å²) < 4.78 is 5.47. The standard InChI is InChI=1S/C23H30N2O2/c1-2-27-22(26)23(13-8-11-20-9-4-3-5-10-20)14-17-25(18-15-23)19-21-12-6-7-16-24-21/h3-7,9-10,12,16H,2,8,11,13-15,17-19H2,1H3. The molecule has 0 N–H and O–H groups in total.